The Balaban J connectivity index is 1.45. The number of carbonyl (C=O) groups excluding carboxylic acids is 1. The van der Waals surface area contributed by atoms with Crippen molar-refractivity contribution in [2.75, 3.05) is 14.2 Å². The fourth-order valence-electron chi connectivity index (χ4n) is 3.52. The van der Waals surface area contributed by atoms with Gasteiger partial charge in [0.15, 0.2) is 0 Å². The fraction of sp³-hybridized carbons (Fsp3) is 0.316. The van der Waals surface area contributed by atoms with Gasteiger partial charge in [0.1, 0.15) is 23.4 Å². The summed E-state index contributed by atoms with van der Waals surface area (Å²) in [6.45, 7) is 0.365. The fourth-order valence-corrected chi connectivity index (χ4v) is 3.52. The summed E-state index contributed by atoms with van der Waals surface area (Å²) >= 11 is 0. The molecule has 1 aliphatic heterocycles. The second-order valence-corrected chi connectivity index (χ2v) is 6.03. The third-order valence-electron chi connectivity index (χ3n) is 4.77. The second kappa shape index (κ2) is 5.74. The van der Waals surface area contributed by atoms with Crippen LogP contribution in [0.1, 0.15) is 17.0 Å². The highest BCUT2D eigenvalue weighted by Gasteiger charge is 2.62. The van der Waals surface area contributed by atoms with Crippen molar-refractivity contribution >= 4 is 5.91 Å². The molecule has 0 spiro atoms. The topological polar surface area (TPSA) is 56.8 Å². The van der Waals surface area contributed by atoms with Gasteiger partial charge >= 0.3 is 0 Å². The minimum atomic E-state index is -0.111. The van der Waals surface area contributed by atoms with Gasteiger partial charge in [-0.05, 0) is 18.2 Å². The molecule has 1 fully saturated rings. The smallest absolute Gasteiger partial charge is 0.227 e. The van der Waals surface area contributed by atoms with Crippen LogP contribution in [-0.2, 0) is 11.3 Å². The normalized spacial score (nSPS) is 22.8. The number of amides is 1. The van der Waals surface area contributed by atoms with E-state index in [4.69, 9.17) is 14.2 Å². The van der Waals surface area contributed by atoms with Crippen LogP contribution in [0.3, 0.4) is 0 Å². The predicted octanol–water partition coefficient (Wildman–Crippen LogP) is 2.49. The van der Waals surface area contributed by atoms with Crippen LogP contribution in [0, 0.1) is 5.92 Å². The van der Waals surface area contributed by atoms with E-state index in [9.17, 15) is 4.79 Å². The molecule has 3 unspecified atom stereocenters. The largest absolute Gasteiger partial charge is 0.496 e. The van der Waals surface area contributed by atoms with Crippen LogP contribution in [0.5, 0.6) is 17.2 Å². The molecular weight excluding hydrogens is 306 g/mol. The van der Waals surface area contributed by atoms with E-state index in [1.54, 1.807) is 14.2 Å². The third kappa shape index (κ3) is 2.28. The lowest BCUT2D eigenvalue weighted by Gasteiger charge is -2.14. The lowest BCUT2D eigenvalue weighted by molar-refractivity contribution is -0.123. The van der Waals surface area contributed by atoms with Crippen molar-refractivity contribution < 1.29 is 19.0 Å². The van der Waals surface area contributed by atoms with Crippen LogP contribution in [0.2, 0.25) is 0 Å². The Bertz CT molecular complexity index is 766. The zero-order chi connectivity index (χ0) is 16.7. The Labute approximate surface area is 140 Å². The first-order valence-corrected chi connectivity index (χ1v) is 7.97. The molecule has 124 valence electrons. The quantitative estimate of drug-likeness (QED) is 0.918. The Kier molecular flexibility index (Phi) is 3.56. The summed E-state index contributed by atoms with van der Waals surface area (Å²) in [4.78, 5) is 12.5. The lowest BCUT2D eigenvalue weighted by Crippen LogP contribution is -2.27. The molecule has 5 heteroatoms. The number of ether oxygens (including phenoxy) is 3. The van der Waals surface area contributed by atoms with Crippen LogP contribution < -0.4 is 19.5 Å². The molecule has 3 atom stereocenters. The van der Waals surface area contributed by atoms with E-state index < -0.39 is 0 Å². The predicted molar refractivity (Wildman–Crippen MR) is 88.5 cm³/mol. The van der Waals surface area contributed by atoms with E-state index in [-0.39, 0.29) is 23.8 Å². The Morgan fingerprint density at radius 2 is 1.79 bits per heavy atom. The highest BCUT2D eigenvalue weighted by Crippen LogP contribution is 2.58. The SMILES string of the molecule is COc1cccc(OC)c1CNC(=O)C1C2Oc3ccccc3C21. The summed E-state index contributed by atoms with van der Waals surface area (Å²) < 4.78 is 16.6. The number of carbonyl (C=O) groups is 1. The van der Waals surface area contributed by atoms with Gasteiger partial charge in [-0.15, -0.1) is 0 Å². The lowest BCUT2D eigenvalue weighted by atomic mass is 10.1. The van der Waals surface area contributed by atoms with E-state index in [1.807, 2.05) is 42.5 Å². The number of fused-ring (bicyclic) bond motifs is 3. The average molecular weight is 325 g/mol. The number of hydrogen-bond acceptors (Lipinski definition) is 4. The number of nitrogens with one attached hydrogen (secondary N) is 1. The Morgan fingerprint density at radius 3 is 2.50 bits per heavy atom. The van der Waals surface area contributed by atoms with Crippen molar-refractivity contribution in [2.45, 2.75) is 18.6 Å². The van der Waals surface area contributed by atoms with Crippen molar-refractivity contribution in [2.24, 2.45) is 5.92 Å². The number of para-hydroxylation sites is 1. The van der Waals surface area contributed by atoms with Gasteiger partial charge in [-0.3, -0.25) is 4.79 Å². The van der Waals surface area contributed by atoms with Crippen LogP contribution >= 0.6 is 0 Å². The summed E-state index contributed by atoms with van der Waals surface area (Å²) in [5.74, 6) is 2.39. The molecule has 2 aromatic carbocycles. The molecule has 24 heavy (non-hydrogen) atoms. The third-order valence-corrected chi connectivity index (χ3v) is 4.77. The molecular formula is C19H19NO4. The van der Waals surface area contributed by atoms with Gasteiger partial charge in [0, 0.05) is 11.5 Å². The minimum Gasteiger partial charge on any atom is -0.496 e. The van der Waals surface area contributed by atoms with Crippen LogP contribution in [-0.4, -0.2) is 26.2 Å². The van der Waals surface area contributed by atoms with Crippen molar-refractivity contribution in [3.05, 3.63) is 53.6 Å². The van der Waals surface area contributed by atoms with E-state index in [0.717, 1.165) is 16.9 Å². The minimum absolute atomic E-state index is 0.00691. The zero-order valence-corrected chi connectivity index (χ0v) is 13.6. The first kappa shape index (κ1) is 14.9. The zero-order valence-electron chi connectivity index (χ0n) is 13.6. The first-order chi connectivity index (χ1) is 11.7. The van der Waals surface area contributed by atoms with Crippen molar-refractivity contribution in [3.8, 4) is 17.2 Å². The number of hydrogen-bond donors (Lipinski definition) is 1. The molecule has 1 amide bonds. The molecule has 4 rings (SSSR count). The summed E-state index contributed by atoms with van der Waals surface area (Å²) in [5.41, 5.74) is 1.97. The van der Waals surface area contributed by atoms with Crippen molar-refractivity contribution in [1.82, 2.24) is 5.32 Å². The van der Waals surface area contributed by atoms with E-state index in [1.165, 1.54) is 0 Å². The summed E-state index contributed by atoms with van der Waals surface area (Å²) in [6, 6.07) is 13.5. The van der Waals surface area contributed by atoms with E-state index in [0.29, 0.717) is 18.0 Å². The molecule has 0 bridgehead atoms. The molecule has 1 N–H and O–H groups in total. The van der Waals surface area contributed by atoms with Gasteiger partial charge in [-0.1, -0.05) is 24.3 Å². The monoisotopic (exact) mass is 325 g/mol. The van der Waals surface area contributed by atoms with Crippen molar-refractivity contribution in [3.63, 3.8) is 0 Å². The van der Waals surface area contributed by atoms with Gasteiger partial charge in [0.25, 0.3) is 0 Å². The van der Waals surface area contributed by atoms with Gasteiger partial charge in [0.05, 0.1) is 32.2 Å². The highest BCUT2D eigenvalue weighted by atomic mass is 16.5. The maximum atomic E-state index is 12.5. The van der Waals surface area contributed by atoms with Crippen LogP contribution in [0.15, 0.2) is 42.5 Å². The van der Waals surface area contributed by atoms with Gasteiger partial charge < -0.3 is 19.5 Å². The van der Waals surface area contributed by atoms with E-state index in [2.05, 4.69) is 5.32 Å². The van der Waals surface area contributed by atoms with Crippen LogP contribution in [0.4, 0.5) is 0 Å². The molecule has 0 aromatic heterocycles. The molecule has 0 radical (unpaired) electrons. The molecule has 1 saturated carbocycles. The summed E-state index contributed by atoms with van der Waals surface area (Å²) in [7, 11) is 3.21. The molecule has 1 aliphatic carbocycles. The number of benzene rings is 2. The molecule has 2 aliphatic rings. The molecule has 2 aromatic rings. The maximum absolute atomic E-state index is 12.5. The standard InChI is InChI=1S/C19H19NO4/c1-22-13-8-5-9-14(23-2)12(13)10-20-19(21)17-16-11-6-3-4-7-15(11)24-18(16)17/h3-9,16-18H,10H2,1-2H3,(H,20,21). The number of methoxy groups -OCH3 is 2. The highest BCUT2D eigenvalue weighted by molar-refractivity contribution is 5.85. The Hall–Kier alpha value is -2.69. The summed E-state index contributed by atoms with van der Waals surface area (Å²) in [5, 5.41) is 2.99. The average Bonchev–Trinajstić information content (AvgIpc) is 3.21. The molecule has 1 heterocycles. The molecule has 5 nitrogen and oxygen atoms in total. The van der Waals surface area contributed by atoms with E-state index >= 15 is 0 Å². The van der Waals surface area contributed by atoms with Gasteiger partial charge in [-0.2, -0.15) is 0 Å². The summed E-state index contributed by atoms with van der Waals surface area (Å²) in [6.07, 6.45) is -0.0260. The Morgan fingerprint density at radius 1 is 1.08 bits per heavy atom. The first-order valence-electron chi connectivity index (χ1n) is 7.97. The van der Waals surface area contributed by atoms with Crippen molar-refractivity contribution in [1.29, 1.82) is 0 Å². The number of rotatable bonds is 5. The van der Waals surface area contributed by atoms with Gasteiger partial charge in [0.2, 0.25) is 5.91 Å². The van der Waals surface area contributed by atoms with Gasteiger partial charge in [-0.25, -0.2) is 0 Å². The maximum Gasteiger partial charge on any atom is 0.227 e. The van der Waals surface area contributed by atoms with Crippen LogP contribution in [0.25, 0.3) is 0 Å². The molecule has 0 saturated heterocycles. The second-order valence-electron chi connectivity index (χ2n) is 6.03.